The smallest absolute Gasteiger partial charge is 0.290 e. The summed E-state index contributed by atoms with van der Waals surface area (Å²) in [7, 11) is 0. The summed E-state index contributed by atoms with van der Waals surface area (Å²) >= 11 is 0. The molecule has 0 spiro atoms. The Morgan fingerprint density at radius 1 is 1.06 bits per heavy atom. The Balaban J connectivity index is 1.89. The van der Waals surface area contributed by atoms with Crippen molar-refractivity contribution in [1.82, 2.24) is 14.5 Å². The Hall–Kier alpha value is -3.74. The van der Waals surface area contributed by atoms with Gasteiger partial charge in [0.2, 0.25) is 0 Å². The van der Waals surface area contributed by atoms with Crippen LogP contribution in [0.15, 0.2) is 76.1 Å². The number of rotatable bonds is 7. The van der Waals surface area contributed by atoms with Crippen molar-refractivity contribution in [3.8, 4) is 5.69 Å². The number of nitrogens with zero attached hydrogens (tertiary/aromatic N) is 3. The van der Waals surface area contributed by atoms with Crippen molar-refractivity contribution in [2.24, 2.45) is 5.92 Å². The Morgan fingerprint density at radius 3 is 2.45 bits per heavy atom. The zero-order chi connectivity index (χ0) is 23.5. The van der Waals surface area contributed by atoms with Gasteiger partial charge in [0.15, 0.2) is 5.76 Å². The lowest BCUT2D eigenvalue weighted by atomic mass is 10.1. The van der Waals surface area contributed by atoms with E-state index in [1.165, 1.54) is 35.1 Å². The minimum atomic E-state index is -0.552. The van der Waals surface area contributed by atoms with E-state index in [1.807, 2.05) is 13.0 Å². The number of fused-ring (bicyclic) bond motifs is 1. The van der Waals surface area contributed by atoms with Gasteiger partial charge in [-0.25, -0.2) is 9.37 Å². The van der Waals surface area contributed by atoms with E-state index in [0.29, 0.717) is 34.9 Å². The molecule has 4 aromatic rings. The summed E-state index contributed by atoms with van der Waals surface area (Å²) in [5, 5.41) is 0.448. The first-order valence-electron chi connectivity index (χ1n) is 11.0. The lowest BCUT2D eigenvalue weighted by molar-refractivity contribution is 0.0638. The molecule has 6 nitrogen and oxygen atoms in total. The van der Waals surface area contributed by atoms with E-state index in [4.69, 9.17) is 9.40 Å². The Bertz CT molecular complexity index is 1310. The fraction of sp³-hybridized carbons (Fsp3) is 0.269. The Kier molecular flexibility index (Phi) is 6.40. The summed E-state index contributed by atoms with van der Waals surface area (Å²) < 4.78 is 20.4. The third-order valence-electron chi connectivity index (χ3n) is 5.67. The standard InChI is InChI=1S/C26H26FN3O3/c1-17(2)14-15-29(26(32)23-9-6-16-33-23)18(3)24-28-22-8-5-4-7-21(22)25(31)30(24)20-12-10-19(27)11-13-20/h4-13,16-18H,14-15H2,1-3H3. The largest absolute Gasteiger partial charge is 0.459 e. The number of carbonyl (C=O) groups is 1. The average molecular weight is 448 g/mol. The molecule has 0 saturated heterocycles. The molecule has 2 aromatic carbocycles. The number of amides is 1. The van der Waals surface area contributed by atoms with E-state index in [2.05, 4.69) is 13.8 Å². The van der Waals surface area contributed by atoms with Gasteiger partial charge in [-0.05, 0) is 67.8 Å². The highest BCUT2D eigenvalue weighted by molar-refractivity contribution is 5.91. The number of aromatic nitrogens is 2. The molecule has 0 N–H and O–H groups in total. The van der Waals surface area contributed by atoms with Gasteiger partial charge >= 0.3 is 0 Å². The van der Waals surface area contributed by atoms with Crippen LogP contribution in [-0.2, 0) is 0 Å². The fourth-order valence-corrected chi connectivity index (χ4v) is 3.82. The van der Waals surface area contributed by atoms with Crippen LogP contribution >= 0.6 is 0 Å². The zero-order valence-electron chi connectivity index (χ0n) is 18.9. The maximum Gasteiger partial charge on any atom is 0.290 e. The summed E-state index contributed by atoms with van der Waals surface area (Å²) in [6, 6.07) is 15.5. The predicted octanol–water partition coefficient (Wildman–Crippen LogP) is 5.37. The van der Waals surface area contributed by atoms with Crippen molar-refractivity contribution in [2.75, 3.05) is 6.54 Å². The van der Waals surface area contributed by atoms with Gasteiger partial charge in [-0.1, -0.05) is 26.0 Å². The zero-order valence-corrected chi connectivity index (χ0v) is 18.9. The quantitative estimate of drug-likeness (QED) is 0.382. The average Bonchev–Trinajstić information content (AvgIpc) is 3.34. The molecule has 2 aromatic heterocycles. The molecule has 33 heavy (non-hydrogen) atoms. The van der Waals surface area contributed by atoms with E-state index < -0.39 is 11.9 Å². The van der Waals surface area contributed by atoms with E-state index in [0.717, 1.165) is 6.42 Å². The van der Waals surface area contributed by atoms with Crippen molar-refractivity contribution in [3.63, 3.8) is 0 Å². The molecule has 0 aliphatic carbocycles. The van der Waals surface area contributed by atoms with E-state index in [9.17, 15) is 14.0 Å². The fourth-order valence-electron chi connectivity index (χ4n) is 3.82. The number of carbonyl (C=O) groups excluding carboxylic acids is 1. The lowest BCUT2D eigenvalue weighted by Gasteiger charge is -2.30. The number of hydrogen-bond acceptors (Lipinski definition) is 4. The molecule has 2 heterocycles. The van der Waals surface area contributed by atoms with Crippen molar-refractivity contribution < 1.29 is 13.6 Å². The summed E-state index contributed by atoms with van der Waals surface area (Å²) in [5.74, 6) is 0.312. The molecule has 0 fully saturated rings. The van der Waals surface area contributed by atoms with Crippen LogP contribution in [0.3, 0.4) is 0 Å². The van der Waals surface area contributed by atoms with Crippen LogP contribution in [-0.4, -0.2) is 26.9 Å². The highest BCUT2D eigenvalue weighted by Gasteiger charge is 2.29. The molecule has 7 heteroatoms. The summed E-state index contributed by atoms with van der Waals surface area (Å²) in [6.07, 6.45) is 2.23. The Labute approximate surface area is 191 Å². The minimum absolute atomic E-state index is 0.224. The molecule has 0 aliphatic rings. The van der Waals surface area contributed by atoms with E-state index >= 15 is 0 Å². The molecular weight excluding hydrogens is 421 g/mol. The van der Waals surface area contributed by atoms with Gasteiger partial charge in [0.25, 0.3) is 11.5 Å². The maximum absolute atomic E-state index is 13.6. The van der Waals surface area contributed by atoms with Crippen LogP contribution in [0.1, 0.15) is 49.6 Å². The van der Waals surface area contributed by atoms with Gasteiger partial charge in [0, 0.05) is 6.54 Å². The second-order valence-corrected chi connectivity index (χ2v) is 8.44. The summed E-state index contributed by atoms with van der Waals surface area (Å²) in [6.45, 7) is 6.48. The molecule has 0 radical (unpaired) electrons. The lowest BCUT2D eigenvalue weighted by Crippen LogP contribution is -2.38. The van der Waals surface area contributed by atoms with Gasteiger partial charge in [-0.15, -0.1) is 0 Å². The molecule has 0 bridgehead atoms. The molecule has 0 saturated carbocycles. The number of para-hydroxylation sites is 1. The second-order valence-electron chi connectivity index (χ2n) is 8.44. The highest BCUT2D eigenvalue weighted by atomic mass is 19.1. The topological polar surface area (TPSA) is 68.3 Å². The molecule has 1 atom stereocenters. The van der Waals surface area contributed by atoms with E-state index in [1.54, 1.807) is 35.2 Å². The van der Waals surface area contributed by atoms with Gasteiger partial charge in [0.1, 0.15) is 11.6 Å². The maximum atomic E-state index is 13.6. The summed E-state index contributed by atoms with van der Waals surface area (Å²) in [4.78, 5) is 33.3. The van der Waals surface area contributed by atoms with Crippen molar-refractivity contribution >= 4 is 16.8 Å². The highest BCUT2D eigenvalue weighted by Crippen LogP contribution is 2.25. The first-order chi connectivity index (χ1) is 15.9. The van der Waals surface area contributed by atoms with Crippen molar-refractivity contribution in [2.45, 2.75) is 33.2 Å². The molecule has 4 rings (SSSR count). The van der Waals surface area contributed by atoms with E-state index in [-0.39, 0.29) is 17.2 Å². The van der Waals surface area contributed by atoms with Crippen LogP contribution in [0.4, 0.5) is 4.39 Å². The monoisotopic (exact) mass is 447 g/mol. The van der Waals surface area contributed by atoms with Crippen LogP contribution in [0.2, 0.25) is 0 Å². The molecule has 1 unspecified atom stereocenters. The summed E-state index contributed by atoms with van der Waals surface area (Å²) in [5.41, 5.74) is 0.746. The van der Waals surface area contributed by atoms with Crippen molar-refractivity contribution in [3.05, 3.63) is 94.7 Å². The predicted molar refractivity (Wildman–Crippen MR) is 125 cm³/mol. The molecule has 170 valence electrons. The number of benzene rings is 2. The first kappa shape index (κ1) is 22.5. The first-order valence-corrected chi connectivity index (χ1v) is 11.0. The van der Waals surface area contributed by atoms with Crippen LogP contribution in [0.25, 0.3) is 16.6 Å². The minimum Gasteiger partial charge on any atom is -0.459 e. The molecule has 0 aliphatic heterocycles. The molecular formula is C26H26FN3O3. The third kappa shape index (κ3) is 4.58. The van der Waals surface area contributed by atoms with Crippen LogP contribution < -0.4 is 5.56 Å². The number of furan rings is 1. The normalized spacial score (nSPS) is 12.3. The van der Waals surface area contributed by atoms with Gasteiger partial charge in [-0.2, -0.15) is 0 Å². The van der Waals surface area contributed by atoms with Gasteiger partial charge < -0.3 is 9.32 Å². The van der Waals surface area contributed by atoms with Gasteiger partial charge in [-0.3, -0.25) is 14.2 Å². The SMILES string of the molecule is CC(C)CCN(C(=O)c1ccco1)C(C)c1nc2ccccc2c(=O)n1-c1ccc(F)cc1. The Morgan fingerprint density at radius 2 is 1.79 bits per heavy atom. The van der Waals surface area contributed by atoms with Crippen molar-refractivity contribution in [1.29, 1.82) is 0 Å². The molecule has 1 amide bonds. The second kappa shape index (κ2) is 9.40. The van der Waals surface area contributed by atoms with Crippen LogP contribution in [0, 0.1) is 11.7 Å². The van der Waals surface area contributed by atoms with Gasteiger partial charge in [0.05, 0.1) is 28.9 Å². The number of hydrogen-bond donors (Lipinski definition) is 0. The van der Waals surface area contributed by atoms with Crippen LogP contribution in [0.5, 0.6) is 0 Å². The number of halogens is 1. The third-order valence-corrected chi connectivity index (χ3v) is 5.67.